The summed E-state index contributed by atoms with van der Waals surface area (Å²) in [7, 11) is 0. The fourth-order valence-electron chi connectivity index (χ4n) is 12.8. The average molecular weight is 1060 g/mol. The highest BCUT2D eigenvalue weighted by atomic mass is 79.9. The molecule has 0 spiro atoms. The lowest BCUT2D eigenvalue weighted by Crippen LogP contribution is -2.27. The largest absolute Gasteiger partial charge is 0.243 e. The fourth-order valence-corrected chi connectivity index (χ4v) is 13.8. The quantitative estimate of drug-likeness (QED) is 0.0372. The van der Waals surface area contributed by atoms with Crippen LogP contribution in [0, 0.1) is 0 Å². The van der Waals surface area contributed by atoms with Crippen LogP contribution in [-0.4, -0.2) is 20.6 Å². The average Bonchev–Trinajstić information content (AvgIpc) is 4.14. The van der Waals surface area contributed by atoms with E-state index in [-0.39, 0.29) is 10.8 Å². The van der Waals surface area contributed by atoms with Crippen LogP contribution in [0.25, 0.3) is 44.3 Å². The van der Waals surface area contributed by atoms with Crippen LogP contribution in [0.1, 0.15) is 281 Å². The zero-order valence-electron chi connectivity index (χ0n) is 43.1. The zero-order valence-corrected chi connectivity index (χ0v) is 46.3. The lowest BCUT2D eigenvalue weighted by Gasteiger charge is -2.35. The van der Waals surface area contributed by atoms with Gasteiger partial charge in [0.2, 0.25) is 0 Å². The molecule has 0 bridgehead atoms. The number of unbranched alkanes of at least 4 members (excludes halogenated alkanes) is 28. The van der Waals surface area contributed by atoms with Crippen LogP contribution >= 0.6 is 31.9 Å². The van der Waals surface area contributed by atoms with Gasteiger partial charge in [-0.25, -0.2) is 9.26 Å². The first-order valence-corrected chi connectivity index (χ1v) is 30.1. The van der Waals surface area contributed by atoms with E-state index in [1.807, 2.05) is 0 Å². The van der Waals surface area contributed by atoms with Crippen LogP contribution in [0.4, 0.5) is 0 Å². The van der Waals surface area contributed by atoms with E-state index >= 15 is 0 Å². The second kappa shape index (κ2) is 27.3. The van der Waals surface area contributed by atoms with Gasteiger partial charge in [0.1, 0.15) is 22.1 Å². The molecule has 2 aliphatic carbocycles. The van der Waals surface area contributed by atoms with Gasteiger partial charge in [0.05, 0.1) is 0 Å². The standard InChI is InChI=1S/C60H88Br2N4O2/c1-5-9-13-17-21-25-29-33-37-59(38-34-30-26-22-18-14-10-6-2)47-41-46-48(42-45(47)53-49(59)43-51(61)55-57(53)65-67-63-55)60(39-35-31-27-23-19-15-11-7-3,40-36-32-28-24-20-16-12-8-4)50-44-52(62)56-58(54(46)50)66-68-64-56/h41-44H,5-40H2,1-4H3. The summed E-state index contributed by atoms with van der Waals surface area (Å²) in [6.07, 6.45) is 46.7. The molecule has 0 aliphatic heterocycles. The van der Waals surface area contributed by atoms with Crippen molar-refractivity contribution in [3.63, 3.8) is 0 Å². The van der Waals surface area contributed by atoms with Gasteiger partial charge in [-0.05, 0) is 136 Å². The van der Waals surface area contributed by atoms with E-state index < -0.39 is 0 Å². The highest BCUT2D eigenvalue weighted by Gasteiger charge is 2.50. The first-order valence-electron chi connectivity index (χ1n) is 28.6. The maximum absolute atomic E-state index is 5.65. The summed E-state index contributed by atoms with van der Waals surface area (Å²) in [5.74, 6) is 0. The van der Waals surface area contributed by atoms with Crippen molar-refractivity contribution in [2.45, 2.75) is 270 Å². The summed E-state index contributed by atoms with van der Waals surface area (Å²) < 4.78 is 13.3. The molecule has 2 heterocycles. The Hall–Kier alpha value is -2.58. The van der Waals surface area contributed by atoms with Gasteiger partial charge < -0.3 is 0 Å². The van der Waals surface area contributed by atoms with Crippen LogP contribution < -0.4 is 0 Å². The summed E-state index contributed by atoms with van der Waals surface area (Å²) >= 11 is 8.04. The number of benzene rings is 3. The Labute approximate surface area is 428 Å². The predicted octanol–water partition coefficient (Wildman–Crippen LogP) is 20.9. The molecule has 68 heavy (non-hydrogen) atoms. The molecule has 2 aromatic heterocycles. The van der Waals surface area contributed by atoms with E-state index in [4.69, 9.17) is 19.6 Å². The van der Waals surface area contributed by atoms with Crippen LogP contribution in [0.3, 0.4) is 0 Å². The molecule has 6 nitrogen and oxygen atoms in total. The van der Waals surface area contributed by atoms with Crippen molar-refractivity contribution in [2.75, 3.05) is 0 Å². The topological polar surface area (TPSA) is 77.8 Å². The number of aromatic nitrogens is 4. The summed E-state index contributed by atoms with van der Waals surface area (Å²) in [6.45, 7) is 9.27. The van der Waals surface area contributed by atoms with E-state index in [0.29, 0.717) is 0 Å². The van der Waals surface area contributed by atoms with Crippen LogP contribution in [0.2, 0.25) is 0 Å². The van der Waals surface area contributed by atoms with E-state index in [1.54, 1.807) is 0 Å². The number of halogens is 2. The molecule has 0 unspecified atom stereocenters. The molecule has 0 saturated carbocycles. The first-order chi connectivity index (χ1) is 33.5. The second-order valence-corrected chi connectivity index (χ2v) is 23.2. The maximum atomic E-state index is 5.65. The predicted molar refractivity (Wildman–Crippen MR) is 294 cm³/mol. The van der Waals surface area contributed by atoms with Gasteiger partial charge in [0.15, 0.2) is 0 Å². The van der Waals surface area contributed by atoms with Gasteiger partial charge in [-0.15, -0.1) is 0 Å². The van der Waals surface area contributed by atoms with E-state index in [2.05, 4.69) is 94.1 Å². The highest BCUT2D eigenvalue weighted by Crippen LogP contribution is 2.63. The number of nitrogens with zero attached hydrogens (tertiary/aromatic N) is 4. The van der Waals surface area contributed by atoms with Gasteiger partial charge in [-0.3, -0.25) is 0 Å². The van der Waals surface area contributed by atoms with Crippen molar-refractivity contribution >= 4 is 53.9 Å². The maximum Gasteiger partial charge on any atom is 0.150 e. The molecule has 7 rings (SSSR count). The number of fused-ring (bicyclic) bond motifs is 10. The van der Waals surface area contributed by atoms with Crippen molar-refractivity contribution in [2.24, 2.45) is 0 Å². The van der Waals surface area contributed by atoms with Crippen LogP contribution in [0.15, 0.2) is 42.5 Å². The molecule has 2 aliphatic rings. The zero-order chi connectivity index (χ0) is 47.6. The molecule has 374 valence electrons. The fraction of sp³-hybridized carbons (Fsp3) is 0.700. The molecule has 3 aromatic carbocycles. The van der Waals surface area contributed by atoms with Crippen LogP contribution in [-0.2, 0) is 10.8 Å². The van der Waals surface area contributed by atoms with Gasteiger partial charge in [0.25, 0.3) is 0 Å². The SMILES string of the molecule is CCCCCCCCCCC1(CCCCCCCCCC)c2cc3c(cc2-c2c1cc(Br)c1nonc21)C(CCCCCCCCCC)(CCCCCCCCCC)c1cc(Br)c2nonc2c1-3. The lowest BCUT2D eigenvalue weighted by atomic mass is 9.68. The molecule has 0 atom stereocenters. The third-order valence-corrected chi connectivity index (χ3v) is 17.8. The Morgan fingerprint density at radius 3 is 0.853 bits per heavy atom. The molecule has 0 radical (unpaired) electrons. The number of rotatable bonds is 36. The third-order valence-electron chi connectivity index (χ3n) is 16.6. The van der Waals surface area contributed by atoms with Gasteiger partial charge in [-0.1, -0.05) is 233 Å². The Bertz CT molecular complexity index is 2090. The first kappa shape index (κ1) is 53.2. The summed E-state index contributed by atoms with van der Waals surface area (Å²) in [4.78, 5) is 0. The summed E-state index contributed by atoms with van der Waals surface area (Å²) in [5, 5.41) is 18.6. The smallest absolute Gasteiger partial charge is 0.150 e. The van der Waals surface area contributed by atoms with Crippen LogP contribution in [0.5, 0.6) is 0 Å². The molecule has 0 amide bonds. The Morgan fingerprint density at radius 2 is 0.574 bits per heavy atom. The van der Waals surface area contributed by atoms with E-state index in [1.165, 1.54) is 250 Å². The van der Waals surface area contributed by atoms with Crippen molar-refractivity contribution < 1.29 is 9.26 Å². The minimum absolute atomic E-state index is 0.142. The van der Waals surface area contributed by atoms with Gasteiger partial charge in [0, 0.05) is 30.9 Å². The minimum atomic E-state index is -0.142. The molecule has 0 saturated heterocycles. The number of hydrogen-bond acceptors (Lipinski definition) is 6. The molecule has 5 aromatic rings. The monoisotopic (exact) mass is 1050 g/mol. The normalized spacial score (nSPS) is 14.3. The summed E-state index contributed by atoms with van der Waals surface area (Å²) in [6, 6.07) is 10.2. The Morgan fingerprint density at radius 1 is 0.324 bits per heavy atom. The lowest BCUT2D eigenvalue weighted by molar-refractivity contribution is 0.315. The number of hydrogen-bond donors (Lipinski definition) is 0. The van der Waals surface area contributed by atoms with E-state index in [0.717, 1.165) is 56.7 Å². The van der Waals surface area contributed by atoms with Crippen molar-refractivity contribution in [3.8, 4) is 22.3 Å². The minimum Gasteiger partial charge on any atom is -0.243 e. The highest BCUT2D eigenvalue weighted by molar-refractivity contribution is 9.11. The Kier molecular flexibility index (Phi) is 21.4. The molecule has 8 heteroatoms. The third kappa shape index (κ3) is 12.4. The Balaban J connectivity index is 1.33. The second-order valence-electron chi connectivity index (χ2n) is 21.5. The van der Waals surface area contributed by atoms with Crippen molar-refractivity contribution in [1.82, 2.24) is 20.6 Å². The molecule has 0 N–H and O–H groups in total. The van der Waals surface area contributed by atoms with Gasteiger partial charge >= 0.3 is 0 Å². The molecule has 0 fully saturated rings. The molecular formula is C60H88Br2N4O2. The van der Waals surface area contributed by atoms with Crippen molar-refractivity contribution in [3.05, 3.63) is 55.5 Å². The van der Waals surface area contributed by atoms with Gasteiger partial charge in [-0.2, -0.15) is 0 Å². The molecular weight excluding hydrogens is 968 g/mol. The van der Waals surface area contributed by atoms with Crippen molar-refractivity contribution in [1.29, 1.82) is 0 Å². The summed E-state index contributed by atoms with van der Waals surface area (Å²) in [5.41, 5.74) is 14.3. The van der Waals surface area contributed by atoms with E-state index in [9.17, 15) is 0 Å².